The Kier molecular flexibility index (Phi) is 6.58. The van der Waals surface area contributed by atoms with E-state index >= 15 is 0 Å². The third kappa shape index (κ3) is 4.39. The number of benzene rings is 1. The van der Waals surface area contributed by atoms with Gasteiger partial charge in [0.2, 0.25) is 0 Å². The largest absolute Gasteiger partial charge is 0.493 e. The highest BCUT2D eigenvalue weighted by molar-refractivity contribution is 7.16. The van der Waals surface area contributed by atoms with Gasteiger partial charge in [-0.05, 0) is 37.5 Å². The molecule has 2 rings (SSSR count). The molecule has 25 heavy (non-hydrogen) atoms. The van der Waals surface area contributed by atoms with E-state index in [1.807, 2.05) is 19.9 Å². The van der Waals surface area contributed by atoms with Crippen molar-refractivity contribution in [3.63, 3.8) is 0 Å². The number of nitrogens with one attached hydrogen (secondary N) is 1. The number of hydrogen-bond acceptors (Lipinski definition) is 4. The lowest BCUT2D eigenvalue weighted by molar-refractivity contribution is 0.100. The van der Waals surface area contributed by atoms with Gasteiger partial charge in [-0.25, -0.2) is 0 Å². The van der Waals surface area contributed by atoms with E-state index in [1.54, 1.807) is 18.2 Å². The molecule has 0 fully saturated rings. The van der Waals surface area contributed by atoms with Gasteiger partial charge in [-0.3, -0.25) is 9.59 Å². The summed E-state index contributed by atoms with van der Waals surface area (Å²) in [5.41, 5.74) is 7.26. The number of ether oxygens (including phenoxy) is 1. The van der Waals surface area contributed by atoms with Crippen LogP contribution in [0.4, 0.5) is 5.00 Å². The van der Waals surface area contributed by atoms with Crippen molar-refractivity contribution in [2.75, 3.05) is 11.9 Å². The predicted octanol–water partition coefficient (Wildman–Crippen LogP) is 4.15. The van der Waals surface area contributed by atoms with Crippen molar-refractivity contribution in [1.29, 1.82) is 0 Å². The number of carbonyl (C=O) groups excluding carboxylic acids is 2. The molecule has 1 aromatic heterocycles. The lowest BCUT2D eigenvalue weighted by atomic mass is 10.1. The number of aryl methyl sites for hydroxylation is 1. The Morgan fingerprint density at radius 1 is 1.24 bits per heavy atom. The molecule has 0 saturated carbocycles. The number of anilines is 1. The van der Waals surface area contributed by atoms with Gasteiger partial charge in [-0.1, -0.05) is 32.4 Å². The van der Waals surface area contributed by atoms with Gasteiger partial charge in [-0.2, -0.15) is 0 Å². The van der Waals surface area contributed by atoms with Crippen molar-refractivity contribution in [2.45, 2.75) is 40.0 Å². The van der Waals surface area contributed by atoms with Gasteiger partial charge in [0, 0.05) is 4.88 Å². The standard InChI is InChI=1S/C19H24N2O3S/c1-4-6-11-24-15-10-8-7-9-14(15)18(23)21-19-16(17(20)22)13(5-2)12(3)25-19/h7-10H,4-6,11H2,1-3H3,(H2,20,22)(H,21,23). The third-order valence-corrected chi connectivity index (χ3v) is 4.99. The van der Waals surface area contributed by atoms with Crippen LogP contribution in [0.1, 0.15) is 57.8 Å². The summed E-state index contributed by atoms with van der Waals surface area (Å²) >= 11 is 1.37. The van der Waals surface area contributed by atoms with Crippen molar-refractivity contribution in [1.82, 2.24) is 0 Å². The fourth-order valence-electron chi connectivity index (χ4n) is 2.63. The summed E-state index contributed by atoms with van der Waals surface area (Å²) in [6.45, 7) is 6.53. The van der Waals surface area contributed by atoms with Crippen molar-refractivity contribution in [3.05, 3.63) is 45.8 Å². The molecule has 0 unspecified atom stereocenters. The number of rotatable bonds is 8. The Balaban J connectivity index is 2.28. The van der Waals surface area contributed by atoms with Crippen molar-refractivity contribution in [2.24, 2.45) is 5.73 Å². The van der Waals surface area contributed by atoms with Crippen LogP contribution in [0.25, 0.3) is 0 Å². The summed E-state index contributed by atoms with van der Waals surface area (Å²) in [5, 5.41) is 3.33. The molecule has 1 heterocycles. The van der Waals surface area contributed by atoms with E-state index in [0.29, 0.717) is 34.9 Å². The zero-order valence-electron chi connectivity index (χ0n) is 14.8. The predicted molar refractivity (Wildman–Crippen MR) is 102 cm³/mol. The van der Waals surface area contributed by atoms with Crippen LogP contribution < -0.4 is 15.8 Å². The van der Waals surface area contributed by atoms with Gasteiger partial charge in [0.05, 0.1) is 17.7 Å². The average molecular weight is 360 g/mol. The second-order valence-corrected chi connectivity index (χ2v) is 6.94. The molecule has 0 aliphatic rings. The highest BCUT2D eigenvalue weighted by atomic mass is 32.1. The minimum atomic E-state index is -0.524. The molecule has 2 amide bonds. The van der Waals surface area contributed by atoms with Gasteiger partial charge in [-0.15, -0.1) is 11.3 Å². The van der Waals surface area contributed by atoms with E-state index in [0.717, 1.165) is 23.3 Å². The number of amides is 2. The van der Waals surface area contributed by atoms with Crippen LogP contribution in [0.5, 0.6) is 5.75 Å². The van der Waals surface area contributed by atoms with Crippen LogP contribution in [0, 0.1) is 6.92 Å². The number of para-hydroxylation sites is 1. The Morgan fingerprint density at radius 2 is 1.96 bits per heavy atom. The SMILES string of the molecule is CCCCOc1ccccc1C(=O)Nc1sc(C)c(CC)c1C(N)=O. The van der Waals surface area contributed by atoms with Crippen molar-refractivity contribution in [3.8, 4) is 5.75 Å². The molecule has 0 spiro atoms. The summed E-state index contributed by atoms with van der Waals surface area (Å²) in [7, 11) is 0. The molecule has 5 nitrogen and oxygen atoms in total. The molecule has 1 aromatic carbocycles. The van der Waals surface area contributed by atoms with E-state index in [1.165, 1.54) is 11.3 Å². The first-order chi connectivity index (χ1) is 12.0. The molecule has 0 saturated heterocycles. The van der Waals surface area contributed by atoms with Crippen LogP contribution in [0.2, 0.25) is 0 Å². The molecular formula is C19H24N2O3S. The van der Waals surface area contributed by atoms with Gasteiger partial charge in [0.25, 0.3) is 11.8 Å². The monoisotopic (exact) mass is 360 g/mol. The zero-order chi connectivity index (χ0) is 18.4. The third-order valence-electron chi connectivity index (χ3n) is 3.92. The molecule has 6 heteroatoms. The fourth-order valence-corrected chi connectivity index (χ4v) is 3.78. The number of hydrogen-bond donors (Lipinski definition) is 2. The first kappa shape index (κ1) is 19.0. The van der Waals surface area contributed by atoms with Gasteiger partial charge >= 0.3 is 0 Å². The van der Waals surface area contributed by atoms with E-state index < -0.39 is 5.91 Å². The Hall–Kier alpha value is -2.34. The molecule has 0 atom stereocenters. The summed E-state index contributed by atoms with van der Waals surface area (Å²) in [5.74, 6) is -0.291. The van der Waals surface area contributed by atoms with Gasteiger partial charge < -0.3 is 15.8 Å². The molecule has 0 radical (unpaired) electrons. The number of nitrogens with two attached hydrogens (primary N) is 1. The minimum Gasteiger partial charge on any atom is -0.493 e. The van der Waals surface area contributed by atoms with Crippen LogP contribution in [-0.4, -0.2) is 18.4 Å². The van der Waals surface area contributed by atoms with E-state index in [2.05, 4.69) is 12.2 Å². The molecule has 0 aliphatic carbocycles. The number of thiophene rings is 1. The summed E-state index contributed by atoms with van der Waals surface area (Å²) in [6.07, 6.45) is 2.63. The van der Waals surface area contributed by atoms with Crippen LogP contribution in [0.15, 0.2) is 24.3 Å². The van der Waals surface area contributed by atoms with Gasteiger partial charge in [0.1, 0.15) is 10.8 Å². The first-order valence-electron chi connectivity index (χ1n) is 8.44. The van der Waals surface area contributed by atoms with Crippen molar-refractivity contribution < 1.29 is 14.3 Å². The lowest BCUT2D eigenvalue weighted by Gasteiger charge is -2.11. The quantitative estimate of drug-likeness (QED) is 0.694. The van der Waals surface area contributed by atoms with Crippen LogP contribution >= 0.6 is 11.3 Å². The maximum Gasteiger partial charge on any atom is 0.260 e. The number of carbonyl (C=O) groups is 2. The smallest absolute Gasteiger partial charge is 0.260 e. The number of primary amides is 1. The molecule has 3 N–H and O–H groups in total. The molecule has 0 bridgehead atoms. The second kappa shape index (κ2) is 8.67. The Labute approximate surface area is 152 Å². The molecular weight excluding hydrogens is 336 g/mol. The normalized spacial score (nSPS) is 10.5. The maximum absolute atomic E-state index is 12.7. The number of unbranched alkanes of at least 4 members (excludes halogenated alkanes) is 1. The highest BCUT2D eigenvalue weighted by Crippen LogP contribution is 2.34. The summed E-state index contributed by atoms with van der Waals surface area (Å²) in [4.78, 5) is 25.5. The zero-order valence-corrected chi connectivity index (χ0v) is 15.7. The summed E-state index contributed by atoms with van der Waals surface area (Å²) < 4.78 is 5.72. The van der Waals surface area contributed by atoms with Crippen LogP contribution in [0.3, 0.4) is 0 Å². The van der Waals surface area contributed by atoms with E-state index in [4.69, 9.17) is 10.5 Å². The fraction of sp³-hybridized carbons (Fsp3) is 0.368. The van der Waals surface area contributed by atoms with Gasteiger partial charge in [0.15, 0.2) is 0 Å². The molecule has 134 valence electrons. The Bertz CT molecular complexity index is 768. The lowest BCUT2D eigenvalue weighted by Crippen LogP contribution is -2.18. The first-order valence-corrected chi connectivity index (χ1v) is 9.26. The van der Waals surface area contributed by atoms with E-state index in [9.17, 15) is 9.59 Å². The minimum absolute atomic E-state index is 0.307. The highest BCUT2D eigenvalue weighted by Gasteiger charge is 2.22. The van der Waals surface area contributed by atoms with Crippen molar-refractivity contribution >= 4 is 28.2 Å². The summed E-state index contributed by atoms with van der Waals surface area (Å²) in [6, 6.07) is 7.10. The van der Waals surface area contributed by atoms with E-state index in [-0.39, 0.29) is 5.91 Å². The average Bonchev–Trinajstić information content (AvgIpc) is 2.90. The molecule has 0 aliphatic heterocycles. The maximum atomic E-state index is 12.7. The van der Waals surface area contributed by atoms with Crippen LogP contribution in [-0.2, 0) is 6.42 Å². The second-order valence-electron chi connectivity index (χ2n) is 5.71. The topological polar surface area (TPSA) is 81.4 Å². The molecule has 2 aromatic rings. The Morgan fingerprint density at radius 3 is 2.60 bits per heavy atom.